The zero-order valence-corrected chi connectivity index (χ0v) is 14.9. The molecule has 130 valence electrons. The monoisotopic (exact) mass is 370 g/mol. The highest BCUT2D eigenvalue weighted by molar-refractivity contribution is 7.21. The summed E-state index contributed by atoms with van der Waals surface area (Å²) in [7, 11) is 0. The van der Waals surface area contributed by atoms with Gasteiger partial charge in [-0.15, -0.1) is 11.3 Å². The predicted octanol–water partition coefficient (Wildman–Crippen LogP) is 2.54. The summed E-state index contributed by atoms with van der Waals surface area (Å²) in [5.41, 5.74) is 0.915. The molecule has 2 N–H and O–H groups in total. The molecule has 0 aliphatic heterocycles. The van der Waals surface area contributed by atoms with Crippen molar-refractivity contribution in [2.45, 2.75) is 25.8 Å². The van der Waals surface area contributed by atoms with Gasteiger partial charge in [0.05, 0.1) is 24.8 Å². The van der Waals surface area contributed by atoms with Crippen LogP contribution in [0, 0.1) is 6.92 Å². The minimum atomic E-state index is -0.134. The number of ether oxygens (including phenoxy) is 2. The molecule has 0 aromatic carbocycles. The van der Waals surface area contributed by atoms with E-state index >= 15 is 0 Å². The number of aryl methyl sites for hydroxylation is 1. The number of aromatic nitrogens is 1. The maximum atomic E-state index is 12.3. The third-order valence-corrected chi connectivity index (χ3v) is 5.18. The van der Waals surface area contributed by atoms with Gasteiger partial charge < -0.3 is 19.9 Å². The molecular weight excluding hydrogens is 352 g/mol. The van der Waals surface area contributed by atoms with Crippen LogP contribution in [0.5, 0.6) is 5.88 Å². The molecule has 1 aliphatic carbocycles. The van der Waals surface area contributed by atoms with Gasteiger partial charge in [0.2, 0.25) is 5.88 Å². The highest BCUT2D eigenvalue weighted by Gasteiger charge is 2.27. The molecule has 1 aliphatic rings. The smallest absolute Gasteiger partial charge is 0.263 e. The number of carbonyl (C=O) groups is 1. The fourth-order valence-electron chi connectivity index (χ4n) is 2.28. The molecule has 0 spiro atoms. The summed E-state index contributed by atoms with van der Waals surface area (Å²) in [6.45, 7) is 2.91. The number of hydrogen-bond donors (Lipinski definition) is 2. The summed E-state index contributed by atoms with van der Waals surface area (Å²) in [6.07, 6.45) is 2.06. The number of rotatable bonds is 8. The third-order valence-electron chi connectivity index (χ3n) is 3.61. The highest BCUT2D eigenvalue weighted by Crippen LogP contribution is 2.38. The first-order valence-corrected chi connectivity index (χ1v) is 9.01. The minimum Gasteiger partial charge on any atom is -0.475 e. The second kappa shape index (κ2) is 7.65. The van der Waals surface area contributed by atoms with Crippen LogP contribution in [0.4, 0.5) is 0 Å². The van der Waals surface area contributed by atoms with E-state index in [1.807, 2.05) is 6.92 Å². The Morgan fingerprint density at radius 2 is 2.25 bits per heavy atom. The number of carbonyl (C=O) groups excluding carboxylic acids is 1. The predicted molar refractivity (Wildman–Crippen MR) is 93.3 cm³/mol. The van der Waals surface area contributed by atoms with Gasteiger partial charge in [0, 0.05) is 17.5 Å². The number of nitrogens with one attached hydrogen (secondary N) is 1. The van der Waals surface area contributed by atoms with Crippen molar-refractivity contribution in [3.63, 3.8) is 0 Å². The Kier molecular flexibility index (Phi) is 5.55. The van der Waals surface area contributed by atoms with Gasteiger partial charge in [-0.3, -0.25) is 4.79 Å². The van der Waals surface area contributed by atoms with Gasteiger partial charge >= 0.3 is 0 Å². The first-order chi connectivity index (χ1) is 11.6. The number of aliphatic hydroxyl groups is 1. The summed E-state index contributed by atoms with van der Waals surface area (Å²) in [5, 5.41) is 12.9. The number of hydrogen-bond acceptors (Lipinski definition) is 6. The summed E-state index contributed by atoms with van der Waals surface area (Å²) >= 11 is 7.68. The van der Waals surface area contributed by atoms with Crippen LogP contribution in [0.15, 0.2) is 6.07 Å². The summed E-state index contributed by atoms with van der Waals surface area (Å²) in [4.78, 5) is 17.9. The Labute approximate surface area is 148 Å². The molecule has 2 aromatic rings. The molecule has 0 radical (unpaired) electrons. The number of halogens is 1. The number of nitrogens with zero attached hydrogens (tertiary/aromatic N) is 1. The first kappa shape index (κ1) is 17.4. The van der Waals surface area contributed by atoms with E-state index in [0.29, 0.717) is 33.8 Å². The molecular formula is C16H19ClN2O4S. The number of thiophene rings is 1. The largest absolute Gasteiger partial charge is 0.475 e. The van der Waals surface area contributed by atoms with Gasteiger partial charge in [-0.25, -0.2) is 4.98 Å². The molecule has 0 atom stereocenters. The van der Waals surface area contributed by atoms with Gasteiger partial charge in [0.25, 0.3) is 5.91 Å². The Hall–Kier alpha value is -1.41. The van der Waals surface area contributed by atoms with E-state index in [1.54, 1.807) is 6.07 Å². The standard InChI is InChI=1S/C16H19ClN2O4S/c1-9-8-11(23-7-6-22-5-4-20)19-16-12(9)13(17)14(24-16)15(21)18-10-2-3-10/h8,10,20H,2-7H2,1H3,(H,18,21). The van der Waals surface area contributed by atoms with Gasteiger partial charge in [-0.05, 0) is 25.3 Å². The Balaban J connectivity index is 1.75. The van der Waals surface area contributed by atoms with E-state index in [4.69, 9.17) is 26.2 Å². The molecule has 0 unspecified atom stereocenters. The zero-order chi connectivity index (χ0) is 17.1. The van der Waals surface area contributed by atoms with Crippen molar-refractivity contribution in [3.8, 4) is 5.88 Å². The van der Waals surface area contributed by atoms with Gasteiger partial charge in [-0.2, -0.15) is 0 Å². The zero-order valence-electron chi connectivity index (χ0n) is 13.3. The Bertz CT molecular complexity index is 745. The van der Waals surface area contributed by atoms with Crippen molar-refractivity contribution in [3.05, 3.63) is 21.5 Å². The normalized spacial score (nSPS) is 14.1. The fraction of sp³-hybridized carbons (Fsp3) is 0.500. The number of amides is 1. The lowest BCUT2D eigenvalue weighted by Gasteiger charge is -2.07. The number of aliphatic hydroxyl groups excluding tert-OH is 1. The first-order valence-electron chi connectivity index (χ1n) is 7.82. The average molecular weight is 371 g/mol. The molecule has 6 nitrogen and oxygen atoms in total. The van der Waals surface area contributed by atoms with Gasteiger partial charge in [0.15, 0.2) is 0 Å². The molecule has 0 bridgehead atoms. The maximum Gasteiger partial charge on any atom is 0.263 e. The lowest BCUT2D eigenvalue weighted by molar-refractivity contribution is 0.0696. The minimum absolute atomic E-state index is 0.0112. The van der Waals surface area contributed by atoms with E-state index < -0.39 is 0 Å². The average Bonchev–Trinajstić information content (AvgIpc) is 3.29. The molecule has 1 saturated carbocycles. The molecule has 1 amide bonds. The number of pyridine rings is 1. The second-order valence-electron chi connectivity index (χ2n) is 5.63. The lowest BCUT2D eigenvalue weighted by atomic mass is 10.2. The van der Waals surface area contributed by atoms with Crippen LogP contribution in [0.3, 0.4) is 0 Å². The van der Waals surface area contributed by atoms with E-state index in [9.17, 15) is 4.79 Å². The van der Waals surface area contributed by atoms with Crippen LogP contribution in [0.25, 0.3) is 10.2 Å². The van der Waals surface area contributed by atoms with Crippen LogP contribution in [-0.4, -0.2) is 48.5 Å². The van der Waals surface area contributed by atoms with E-state index in [1.165, 1.54) is 11.3 Å². The molecule has 0 saturated heterocycles. The van der Waals surface area contributed by atoms with Crippen LogP contribution in [0.1, 0.15) is 28.1 Å². The van der Waals surface area contributed by atoms with E-state index in [0.717, 1.165) is 23.8 Å². The quantitative estimate of drug-likeness (QED) is 0.698. The molecule has 2 aromatic heterocycles. The van der Waals surface area contributed by atoms with Crippen molar-refractivity contribution in [1.82, 2.24) is 10.3 Å². The summed E-state index contributed by atoms with van der Waals surface area (Å²) in [5.74, 6) is 0.337. The molecule has 24 heavy (non-hydrogen) atoms. The van der Waals surface area contributed by atoms with E-state index in [-0.39, 0.29) is 25.2 Å². The SMILES string of the molecule is Cc1cc(OCCOCCO)nc2sc(C(=O)NC3CC3)c(Cl)c12. The van der Waals surface area contributed by atoms with Gasteiger partial charge in [0.1, 0.15) is 16.3 Å². The van der Waals surface area contributed by atoms with Gasteiger partial charge in [-0.1, -0.05) is 11.6 Å². The van der Waals surface area contributed by atoms with Crippen molar-refractivity contribution in [2.24, 2.45) is 0 Å². The number of fused-ring (bicyclic) bond motifs is 1. The van der Waals surface area contributed by atoms with Crippen molar-refractivity contribution in [1.29, 1.82) is 0 Å². The third kappa shape index (κ3) is 3.97. The van der Waals surface area contributed by atoms with Crippen molar-refractivity contribution < 1.29 is 19.4 Å². The maximum absolute atomic E-state index is 12.3. The Morgan fingerprint density at radius 3 is 2.96 bits per heavy atom. The molecule has 2 heterocycles. The molecule has 3 rings (SSSR count). The van der Waals surface area contributed by atoms with Crippen LogP contribution < -0.4 is 10.1 Å². The second-order valence-corrected chi connectivity index (χ2v) is 7.01. The van der Waals surface area contributed by atoms with Crippen molar-refractivity contribution >= 4 is 39.1 Å². The van der Waals surface area contributed by atoms with Crippen LogP contribution in [0.2, 0.25) is 5.02 Å². The topological polar surface area (TPSA) is 80.7 Å². The molecule has 8 heteroatoms. The highest BCUT2D eigenvalue weighted by atomic mass is 35.5. The lowest BCUT2D eigenvalue weighted by Crippen LogP contribution is -2.24. The van der Waals surface area contributed by atoms with Crippen molar-refractivity contribution in [2.75, 3.05) is 26.4 Å². The summed E-state index contributed by atoms with van der Waals surface area (Å²) < 4.78 is 10.7. The summed E-state index contributed by atoms with van der Waals surface area (Å²) in [6, 6.07) is 2.08. The van der Waals surface area contributed by atoms with E-state index in [2.05, 4.69) is 10.3 Å². The Morgan fingerprint density at radius 1 is 1.46 bits per heavy atom. The fourth-order valence-corrected chi connectivity index (χ4v) is 3.81. The molecule has 1 fully saturated rings. The van der Waals surface area contributed by atoms with Crippen LogP contribution >= 0.6 is 22.9 Å². The van der Waals surface area contributed by atoms with Crippen LogP contribution in [-0.2, 0) is 4.74 Å².